The van der Waals surface area contributed by atoms with Gasteiger partial charge in [0.15, 0.2) is 0 Å². The summed E-state index contributed by atoms with van der Waals surface area (Å²) in [5.74, 6) is 0. The fraction of sp³-hybridized carbons (Fsp3) is 0.909. The fourth-order valence-electron chi connectivity index (χ4n) is 2.39. The van der Waals surface area contributed by atoms with Crippen LogP contribution in [0.3, 0.4) is 0 Å². The summed E-state index contributed by atoms with van der Waals surface area (Å²) in [4.78, 5) is 13.7. The van der Waals surface area contributed by atoms with Crippen molar-refractivity contribution in [3.05, 3.63) is 0 Å². The molecule has 0 aromatic carbocycles. The number of hydrogen-bond donors (Lipinski definition) is 1. The van der Waals surface area contributed by atoms with Crippen LogP contribution in [0.1, 0.15) is 40.0 Å². The van der Waals surface area contributed by atoms with Crippen LogP contribution >= 0.6 is 0 Å². The highest BCUT2D eigenvalue weighted by molar-refractivity contribution is 5.71. The summed E-state index contributed by atoms with van der Waals surface area (Å²) in [7, 11) is 0. The Bertz CT molecular complexity index is 279. The van der Waals surface area contributed by atoms with Crippen molar-refractivity contribution in [3.63, 3.8) is 0 Å². The minimum atomic E-state index is -0.415. The van der Waals surface area contributed by atoms with Gasteiger partial charge in [-0.3, -0.25) is 4.90 Å². The molecule has 86 valence electrons. The Labute approximate surface area is 90.8 Å². The Morgan fingerprint density at radius 2 is 2.07 bits per heavy atom. The minimum Gasteiger partial charge on any atom is -0.444 e. The van der Waals surface area contributed by atoms with E-state index in [0.717, 1.165) is 12.8 Å². The van der Waals surface area contributed by atoms with Crippen LogP contribution in [-0.4, -0.2) is 34.7 Å². The van der Waals surface area contributed by atoms with Gasteiger partial charge in [-0.05, 0) is 40.0 Å². The second-order valence-electron chi connectivity index (χ2n) is 5.65. The molecular weight excluding hydrogens is 192 g/mol. The van der Waals surface area contributed by atoms with E-state index >= 15 is 0 Å². The smallest absolute Gasteiger partial charge is 0.410 e. The molecule has 1 saturated heterocycles. The number of carbonyl (C=O) groups is 1. The van der Waals surface area contributed by atoms with Crippen LogP contribution < -0.4 is 5.73 Å². The van der Waals surface area contributed by atoms with Gasteiger partial charge in [0.05, 0.1) is 5.54 Å². The van der Waals surface area contributed by atoms with Crippen molar-refractivity contribution in [2.75, 3.05) is 6.54 Å². The SMILES string of the molecule is CC(C)(C)OC(=O)N1CC(N)C12CCC2. The third-order valence-electron chi connectivity index (χ3n) is 3.44. The summed E-state index contributed by atoms with van der Waals surface area (Å²) in [6.45, 7) is 6.31. The monoisotopic (exact) mass is 212 g/mol. The van der Waals surface area contributed by atoms with Gasteiger partial charge >= 0.3 is 6.09 Å². The molecule has 1 amide bonds. The average Bonchev–Trinajstić information content (AvgIpc) is 1.92. The number of hydrogen-bond acceptors (Lipinski definition) is 3. The molecule has 1 aliphatic heterocycles. The number of nitrogens with zero attached hydrogens (tertiary/aromatic N) is 1. The van der Waals surface area contributed by atoms with E-state index in [0.29, 0.717) is 6.54 Å². The van der Waals surface area contributed by atoms with E-state index in [4.69, 9.17) is 10.5 Å². The van der Waals surface area contributed by atoms with Crippen molar-refractivity contribution in [2.45, 2.75) is 57.2 Å². The molecule has 0 aromatic heterocycles. The van der Waals surface area contributed by atoms with Crippen LogP contribution in [0.4, 0.5) is 4.79 Å². The van der Waals surface area contributed by atoms with E-state index in [1.54, 1.807) is 0 Å². The Morgan fingerprint density at radius 3 is 2.40 bits per heavy atom. The molecule has 2 N–H and O–H groups in total. The lowest BCUT2D eigenvalue weighted by molar-refractivity contribution is -0.0943. The topological polar surface area (TPSA) is 55.6 Å². The molecule has 0 radical (unpaired) electrons. The molecule has 1 saturated carbocycles. The maximum Gasteiger partial charge on any atom is 0.410 e. The van der Waals surface area contributed by atoms with E-state index < -0.39 is 5.60 Å². The lowest BCUT2D eigenvalue weighted by Gasteiger charge is -2.61. The van der Waals surface area contributed by atoms with Gasteiger partial charge in [0.2, 0.25) is 0 Å². The van der Waals surface area contributed by atoms with E-state index in [2.05, 4.69) is 0 Å². The zero-order valence-corrected chi connectivity index (χ0v) is 9.75. The van der Waals surface area contributed by atoms with Gasteiger partial charge in [-0.2, -0.15) is 0 Å². The second-order valence-corrected chi connectivity index (χ2v) is 5.65. The Kier molecular flexibility index (Phi) is 2.23. The minimum absolute atomic E-state index is 0.0532. The first-order valence-corrected chi connectivity index (χ1v) is 5.61. The van der Waals surface area contributed by atoms with Gasteiger partial charge in [-0.15, -0.1) is 0 Å². The molecule has 1 aliphatic carbocycles. The van der Waals surface area contributed by atoms with E-state index in [1.165, 1.54) is 6.42 Å². The fourth-order valence-corrected chi connectivity index (χ4v) is 2.39. The van der Waals surface area contributed by atoms with Crippen LogP contribution in [0, 0.1) is 0 Å². The van der Waals surface area contributed by atoms with Gasteiger partial charge in [0, 0.05) is 12.6 Å². The van der Waals surface area contributed by atoms with Crippen LogP contribution in [0.15, 0.2) is 0 Å². The normalized spacial score (nSPS) is 28.3. The Morgan fingerprint density at radius 1 is 1.47 bits per heavy atom. The van der Waals surface area contributed by atoms with Gasteiger partial charge < -0.3 is 10.5 Å². The molecule has 1 atom stereocenters. The summed E-state index contributed by atoms with van der Waals surface area (Å²) < 4.78 is 5.35. The highest BCUT2D eigenvalue weighted by Crippen LogP contribution is 2.46. The van der Waals surface area contributed by atoms with Gasteiger partial charge in [-0.1, -0.05) is 0 Å². The predicted octanol–water partition coefficient (Wildman–Crippen LogP) is 1.49. The van der Waals surface area contributed by atoms with Gasteiger partial charge in [-0.25, -0.2) is 4.79 Å². The van der Waals surface area contributed by atoms with Crippen molar-refractivity contribution < 1.29 is 9.53 Å². The lowest BCUT2D eigenvalue weighted by Crippen LogP contribution is -2.78. The molecular formula is C11H20N2O2. The molecule has 15 heavy (non-hydrogen) atoms. The Balaban J connectivity index is 1.98. The number of rotatable bonds is 0. The van der Waals surface area contributed by atoms with E-state index in [1.807, 2.05) is 25.7 Å². The number of ether oxygens (including phenoxy) is 1. The highest BCUT2D eigenvalue weighted by Gasteiger charge is 2.58. The number of nitrogens with two attached hydrogens (primary N) is 1. The van der Waals surface area contributed by atoms with Crippen molar-refractivity contribution in [1.82, 2.24) is 4.90 Å². The lowest BCUT2D eigenvalue weighted by atomic mass is 9.65. The van der Waals surface area contributed by atoms with Crippen LogP contribution in [0.2, 0.25) is 0 Å². The van der Waals surface area contributed by atoms with Crippen molar-refractivity contribution in [2.24, 2.45) is 5.73 Å². The van der Waals surface area contributed by atoms with Gasteiger partial charge in [0.25, 0.3) is 0 Å². The van der Waals surface area contributed by atoms with Crippen LogP contribution in [0.5, 0.6) is 0 Å². The zero-order valence-electron chi connectivity index (χ0n) is 9.75. The molecule has 1 unspecified atom stereocenters. The standard InChI is InChI=1S/C11H20N2O2/c1-10(2,3)15-9(14)13-7-8(12)11(13)5-4-6-11/h8H,4-7,12H2,1-3H3. The van der Waals surface area contributed by atoms with Crippen molar-refractivity contribution in [3.8, 4) is 0 Å². The van der Waals surface area contributed by atoms with Crippen molar-refractivity contribution >= 4 is 6.09 Å². The molecule has 0 aromatic rings. The summed E-state index contributed by atoms with van der Waals surface area (Å²) in [5, 5.41) is 0. The molecule has 2 fully saturated rings. The first kappa shape index (κ1) is 10.7. The quantitative estimate of drug-likeness (QED) is 0.662. The molecule has 1 spiro atoms. The van der Waals surface area contributed by atoms with Crippen LogP contribution in [0.25, 0.3) is 0 Å². The first-order chi connectivity index (χ1) is 6.85. The largest absolute Gasteiger partial charge is 0.444 e. The second kappa shape index (κ2) is 3.11. The average molecular weight is 212 g/mol. The molecule has 0 bridgehead atoms. The number of amides is 1. The first-order valence-electron chi connectivity index (χ1n) is 5.61. The molecule has 2 rings (SSSR count). The Hall–Kier alpha value is -0.770. The zero-order chi connectivity index (χ0) is 11.3. The predicted molar refractivity (Wildman–Crippen MR) is 57.5 cm³/mol. The van der Waals surface area contributed by atoms with Crippen molar-refractivity contribution in [1.29, 1.82) is 0 Å². The number of likely N-dealkylation sites (tertiary alicyclic amines) is 1. The molecule has 4 nitrogen and oxygen atoms in total. The highest BCUT2D eigenvalue weighted by atomic mass is 16.6. The molecule has 1 heterocycles. The summed E-state index contributed by atoms with van der Waals surface area (Å²) in [6, 6.07) is 0.152. The van der Waals surface area contributed by atoms with Gasteiger partial charge in [0.1, 0.15) is 5.60 Å². The maximum absolute atomic E-state index is 11.8. The molecule has 4 heteroatoms. The summed E-state index contributed by atoms with van der Waals surface area (Å²) in [6.07, 6.45) is 3.04. The maximum atomic E-state index is 11.8. The summed E-state index contributed by atoms with van der Waals surface area (Å²) >= 11 is 0. The third kappa shape index (κ3) is 1.61. The molecule has 2 aliphatic rings. The summed E-state index contributed by atoms with van der Waals surface area (Å²) in [5.41, 5.74) is 5.49. The third-order valence-corrected chi connectivity index (χ3v) is 3.44. The van der Waals surface area contributed by atoms with E-state index in [-0.39, 0.29) is 17.7 Å². The number of carbonyl (C=O) groups excluding carboxylic acids is 1. The van der Waals surface area contributed by atoms with Crippen LogP contribution in [-0.2, 0) is 4.74 Å². The van der Waals surface area contributed by atoms with E-state index in [9.17, 15) is 4.79 Å².